The Morgan fingerprint density at radius 2 is 2.07 bits per heavy atom. The van der Waals surface area contributed by atoms with Crippen LogP contribution in [0.5, 0.6) is 0 Å². The summed E-state index contributed by atoms with van der Waals surface area (Å²) in [6.45, 7) is 9.57. The van der Waals surface area contributed by atoms with Crippen LogP contribution in [0.3, 0.4) is 0 Å². The molecule has 1 rings (SSSR count). The first-order valence-corrected chi connectivity index (χ1v) is 4.93. The second-order valence-corrected chi connectivity index (χ2v) is 2.57. The Bertz CT molecular complexity index is 319. The predicted octanol–water partition coefficient (Wildman–Crippen LogP) is 3.83. The molecule has 76 valence electrons. The number of hydrogen-bond acceptors (Lipinski definition) is 2. The molecule has 0 radical (unpaired) electrons. The Kier molecular flexibility index (Phi) is 6.68. The summed E-state index contributed by atoms with van der Waals surface area (Å²) in [6.07, 6.45) is 7.12. The van der Waals surface area contributed by atoms with Crippen molar-refractivity contribution in [1.29, 1.82) is 0 Å². The lowest BCUT2D eigenvalue weighted by atomic mass is 10.1. The summed E-state index contributed by atoms with van der Waals surface area (Å²) in [5, 5.41) is 7.84. The van der Waals surface area contributed by atoms with E-state index in [0.717, 1.165) is 11.1 Å². The highest BCUT2D eigenvalue weighted by Crippen LogP contribution is 2.18. The van der Waals surface area contributed by atoms with E-state index in [1.807, 2.05) is 32.9 Å². The van der Waals surface area contributed by atoms with Gasteiger partial charge in [0.25, 0.3) is 0 Å². The van der Waals surface area contributed by atoms with Crippen molar-refractivity contribution in [3.63, 3.8) is 0 Å². The van der Waals surface area contributed by atoms with Crippen LogP contribution >= 0.6 is 11.6 Å². The highest BCUT2D eigenvalue weighted by molar-refractivity contribution is 6.31. The van der Waals surface area contributed by atoms with Crippen LogP contribution in [0.2, 0.25) is 5.15 Å². The average Bonchev–Trinajstić information content (AvgIpc) is 2.24. The summed E-state index contributed by atoms with van der Waals surface area (Å²) in [7, 11) is 0. The number of allylic oxidation sites excluding steroid dienone is 1. The van der Waals surface area contributed by atoms with Gasteiger partial charge in [0.2, 0.25) is 0 Å². The standard InChI is InChI=1S/C9H9ClN2.C2H6/c1-3-5-8-7(4-2)6-11-12-9(8)10;1-2/h3-6H,2H2,1H3;1-2H3/b5-3-;. The summed E-state index contributed by atoms with van der Waals surface area (Å²) < 4.78 is 0. The normalized spacial score (nSPS) is 9.43. The van der Waals surface area contributed by atoms with Crippen LogP contribution < -0.4 is 0 Å². The molecule has 0 aliphatic heterocycles. The molecule has 0 fully saturated rings. The lowest BCUT2D eigenvalue weighted by molar-refractivity contribution is 1.02. The van der Waals surface area contributed by atoms with E-state index in [2.05, 4.69) is 16.8 Å². The molecule has 0 amide bonds. The van der Waals surface area contributed by atoms with Crippen LogP contribution in [0.15, 0.2) is 18.9 Å². The fourth-order valence-electron chi connectivity index (χ4n) is 0.879. The molecular formula is C11H15ClN2. The monoisotopic (exact) mass is 210 g/mol. The molecule has 1 heterocycles. The fourth-order valence-corrected chi connectivity index (χ4v) is 1.09. The van der Waals surface area contributed by atoms with Crippen LogP contribution in [-0.2, 0) is 0 Å². The average molecular weight is 211 g/mol. The van der Waals surface area contributed by atoms with Gasteiger partial charge in [-0.25, -0.2) is 0 Å². The van der Waals surface area contributed by atoms with E-state index in [0.29, 0.717) is 5.15 Å². The smallest absolute Gasteiger partial charge is 0.157 e. The van der Waals surface area contributed by atoms with E-state index in [-0.39, 0.29) is 0 Å². The van der Waals surface area contributed by atoms with E-state index >= 15 is 0 Å². The molecule has 1 aromatic heterocycles. The lowest BCUT2D eigenvalue weighted by Gasteiger charge is -1.99. The lowest BCUT2D eigenvalue weighted by Crippen LogP contribution is -1.89. The molecule has 0 bridgehead atoms. The number of aromatic nitrogens is 2. The molecule has 0 aliphatic rings. The minimum atomic E-state index is 0.408. The zero-order valence-electron chi connectivity index (χ0n) is 8.79. The number of hydrogen-bond donors (Lipinski definition) is 0. The van der Waals surface area contributed by atoms with Gasteiger partial charge in [-0.2, -0.15) is 5.10 Å². The Morgan fingerprint density at radius 1 is 1.43 bits per heavy atom. The van der Waals surface area contributed by atoms with Gasteiger partial charge in [-0.15, -0.1) is 5.10 Å². The van der Waals surface area contributed by atoms with Gasteiger partial charge in [0.05, 0.1) is 6.20 Å². The molecule has 0 atom stereocenters. The third kappa shape index (κ3) is 3.30. The van der Waals surface area contributed by atoms with E-state index in [9.17, 15) is 0 Å². The van der Waals surface area contributed by atoms with Crippen molar-refractivity contribution in [2.45, 2.75) is 20.8 Å². The molecule has 0 aromatic carbocycles. The van der Waals surface area contributed by atoms with Crippen molar-refractivity contribution in [3.8, 4) is 0 Å². The van der Waals surface area contributed by atoms with Crippen molar-refractivity contribution in [2.75, 3.05) is 0 Å². The van der Waals surface area contributed by atoms with Gasteiger partial charge in [-0.1, -0.05) is 50.3 Å². The Morgan fingerprint density at radius 3 is 2.57 bits per heavy atom. The van der Waals surface area contributed by atoms with Gasteiger partial charge in [-0.3, -0.25) is 0 Å². The van der Waals surface area contributed by atoms with Gasteiger partial charge in [0.15, 0.2) is 5.15 Å². The van der Waals surface area contributed by atoms with Crippen molar-refractivity contribution < 1.29 is 0 Å². The molecule has 0 N–H and O–H groups in total. The molecule has 0 aliphatic carbocycles. The van der Waals surface area contributed by atoms with E-state index in [1.54, 1.807) is 12.3 Å². The summed E-state index contributed by atoms with van der Waals surface area (Å²) >= 11 is 5.81. The Labute approximate surface area is 90.3 Å². The first-order chi connectivity index (χ1) is 6.79. The molecular weight excluding hydrogens is 196 g/mol. The molecule has 2 nitrogen and oxygen atoms in total. The molecule has 14 heavy (non-hydrogen) atoms. The molecule has 0 unspecified atom stereocenters. The van der Waals surface area contributed by atoms with Crippen LogP contribution in [0, 0.1) is 0 Å². The zero-order chi connectivity index (χ0) is 11.0. The summed E-state index contributed by atoms with van der Waals surface area (Å²) in [5.41, 5.74) is 1.76. The number of halogens is 1. The SMILES string of the molecule is C=Cc1cnnc(Cl)c1/C=C\C.CC. The van der Waals surface area contributed by atoms with Gasteiger partial charge in [0.1, 0.15) is 0 Å². The van der Waals surface area contributed by atoms with Crippen LogP contribution in [-0.4, -0.2) is 10.2 Å². The maximum Gasteiger partial charge on any atom is 0.159 e. The first-order valence-electron chi connectivity index (χ1n) is 4.56. The van der Waals surface area contributed by atoms with Crippen molar-refractivity contribution in [1.82, 2.24) is 10.2 Å². The maximum absolute atomic E-state index is 5.81. The maximum atomic E-state index is 5.81. The summed E-state index contributed by atoms with van der Waals surface area (Å²) in [6, 6.07) is 0. The predicted molar refractivity (Wildman–Crippen MR) is 63.2 cm³/mol. The minimum absolute atomic E-state index is 0.408. The topological polar surface area (TPSA) is 25.8 Å². The second-order valence-electron chi connectivity index (χ2n) is 2.21. The van der Waals surface area contributed by atoms with Crippen molar-refractivity contribution >= 4 is 23.8 Å². The zero-order valence-corrected chi connectivity index (χ0v) is 9.54. The van der Waals surface area contributed by atoms with Crippen LogP contribution in [0.1, 0.15) is 31.9 Å². The molecule has 1 aromatic rings. The van der Waals surface area contributed by atoms with Gasteiger partial charge in [0, 0.05) is 11.1 Å². The Balaban J connectivity index is 0.000000791. The third-order valence-corrected chi connectivity index (χ3v) is 1.71. The molecule has 0 saturated carbocycles. The van der Waals surface area contributed by atoms with Crippen molar-refractivity contribution in [3.05, 3.63) is 35.1 Å². The van der Waals surface area contributed by atoms with Gasteiger partial charge in [-0.05, 0) is 6.92 Å². The van der Waals surface area contributed by atoms with E-state index < -0.39 is 0 Å². The van der Waals surface area contributed by atoms with E-state index in [1.165, 1.54) is 0 Å². The van der Waals surface area contributed by atoms with Gasteiger partial charge >= 0.3 is 0 Å². The second kappa shape index (κ2) is 7.27. The first kappa shape index (κ1) is 12.8. The fraction of sp³-hybridized carbons (Fsp3) is 0.273. The van der Waals surface area contributed by atoms with E-state index in [4.69, 9.17) is 11.6 Å². The largest absolute Gasteiger partial charge is 0.159 e. The molecule has 0 saturated heterocycles. The number of nitrogens with zero attached hydrogens (tertiary/aromatic N) is 2. The van der Waals surface area contributed by atoms with Crippen LogP contribution in [0.4, 0.5) is 0 Å². The van der Waals surface area contributed by atoms with Crippen molar-refractivity contribution in [2.24, 2.45) is 0 Å². The van der Waals surface area contributed by atoms with Crippen LogP contribution in [0.25, 0.3) is 12.2 Å². The molecule has 0 spiro atoms. The number of rotatable bonds is 2. The molecule has 3 heteroatoms. The quantitative estimate of drug-likeness (QED) is 0.742. The highest BCUT2D eigenvalue weighted by Gasteiger charge is 2.01. The van der Waals surface area contributed by atoms with Gasteiger partial charge < -0.3 is 0 Å². The summed E-state index contributed by atoms with van der Waals surface area (Å²) in [5.74, 6) is 0. The Hall–Kier alpha value is -1.15. The third-order valence-electron chi connectivity index (χ3n) is 1.43. The minimum Gasteiger partial charge on any atom is -0.157 e. The highest BCUT2D eigenvalue weighted by atomic mass is 35.5. The summed E-state index contributed by atoms with van der Waals surface area (Å²) in [4.78, 5) is 0.